The highest BCUT2D eigenvalue weighted by molar-refractivity contribution is 5.77. The minimum absolute atomic E-state index is 0.207. The molecule has 0 aromatic heterocycles. The number of non-ortho nitro benzene ring substituents is 1. The van der Waals surface area contributed by atoms with Crippen LogP contribution in [-0.2, 0) is 4.79 Å². The molecule has 1 atom stereocenters. The third kappa shape index (κ3) is 4.38. The molecule has 0 heterocycles. The van der Waals surface area contributed by atoms with Gasteiger partial charge in [0.1, 0.15) is 5.78 Å². The van der Waals surface area contributed by atoms with E-state index in [1.165, 1.54) is 12.1 Å². The largest absolute Gasteiger partial charge is 0.421 e. The Morgan fingerprint density at radius 1 is 1.33 bits per heavy atom. The Balaban J connectivity index is 3.03. The second-order valence-electron chi connectivity index (χ2n) is 4.48. The van der Waals surface area contributed by atoms with Crippen molar-refractivity contribution in [3.8, 4) is 0 Å². The van der Waals surface area contributed by atoms with Crippen molar-refractivity contribution < 1.29 is 28.0 Å². The van der Waals surface area contributed by atoms with E-state index in [2.05, 4.69) is 0 Å². The van der Waals surface area contributed by atoms with Crippen molar-refractivity contribution in [2.24, 2.45) is 0 Å². The van der Waals surface area contributed by atoms with Crippen LogP contribution in [0.2, 0.25) is 0 Å². The third-order valence-corrected chi connectivity index (χ3v) is 2.66. The number of carbonyl (C=O) groups excluding carboxylic acids is 1. The van der Waals surface area contributed by atoms with Gasteiger partial charge in [-0.25, -0.2) is 0 Å². The molecular formula is C13H12F3NO4. The third-order valence-electron chi connectivity index (χ3n) is 2.66. The zero-order valence-electron chi connectivity index (χ0n) is 10.9. The number of hydrogen-bond acceptors (Lipinski definition) is 4. The summed E-state index contributed by atoms with van der Waals surface area (Å²) in [5.74, 6) is -0.817. The number of carbonyl (C=O) groups is 1. The Bertz CT molecular complexity index is 566. The maximum absolute atomic E-state index is 12.8. The first kappa shape index (κ1) is 16.8. The van der Waals surface area contributed by atoms with Crippen LogP contribution in [0, 0.1) is 10.1 Å². The average molecular weight is 303 g/mol. The molecule has 1 N–H and O–H groups in total. The molecule has 0 aliphatic heterocycles. The van der Waals surface area contributed by atoms with Crippen molar-refractivity contribution in [1.29, 1.82) is 0 Å². The van der Waals surface area contributed by atoms with Crippen molar-refractivity contribution in [1.82, 2.24) is 0 Å². The number of Topliss-reactive ketones (excluding diaryl/α,β-unsaturated/α-hetero) is 1. The van der Waals surface area contributed by atoms with E-state index in [0.29, 0.717) is 6.08 Å². The zero-order chi connectivity index (χ0) is 16.3. The molecule has 8 heteroatoms. The molecule has 1 aromatic rings. The minimum atomic E-state index is -5.00. The molecule has 0 aliphatic carbocycles. The molecule has 0 saturated heterocycles. The van der Waals surface area contributed by atoms with Crippen molar-refractivity contribution in [2.45, 2.75) is 25.1 Å². The molecule has 21 heavy (non-hydrogen) atoms. The maximum Gasteiger partial charge on any atom is 0.421 e. The SMILES string of the molecule is CC(=O)C[C@](O)(/C=C/c1ccc([N+](=O)[O-])cc1)C(F)(F)F. The highest BCUT2D eigenvalue weighted by Gasteiger charge is 2.52. The molecule has 0 unspecified atom stereocenters. The fraction of sp³-hybridized carbons (Fsp3) is 0.308. The molecule has 114 valence electrons. The van der Waals surface area contributed by atoms with Gasteiger partial charge in [0.15, 0.2) is 5.60 Å². The Kier molecular flexibility index (Phi) is 4.84. The fourth-order valence-corrected chi connectivity index (χ4v) is 1.57. The van der Waals surface area contributed by atoms with Crippen LogP contribution >= 0.6 is 0 Å². The van der Waals surface area contributed by atoms with Crippen molar-refractivity contribution in [3.63, 3.8) is 0 Å². The van der Waals surface area contributed by atoms with Gasteiger partial charge in [-0.1, -0.05) is 6.08 Å². The van der Waals surface area contributed by atoms with Crippen LogP contribution in [0.15, 0.2) is 30.3 Å². The number of benzene rings is 1. The van der Waals surface area contributed by atoms with Crippen molar-refractivity contribution >= 4 is 17.5 Å². The summed E-state index contributed by atoms with van der Waals surface area (Å²) >= 11 is 0. The maximum atomic E-state index is 12.8. The Labute approximate surface area is 117 Å². The molecule has 0 amide bonds. The van der Waals surface area contributed by atoms with Crippen molar-refractivity contribution in [3.05, 3.63) is 46.0 Å². The van der Waals surface area contributed by atoms with E-state index < -0.39 is 28.9 Å². The first-order valence-corrected chi connectivity index (χ1v) is 5.77. The van der Waals surface area contributed by atoms with Crippen LogP contribution in [0.1, 0.15) is 18.9 Å². The van der Waals surface area contributed by atoms with Crippen LogP contribution in [0.5, 0.6) is 0 Å². The number of hydrogen-bond donors (Lipinski definition) is 1. The molecule has 1 rings (SSSR count). The predicted octanol–water partition coefficient (Wildman–Crippen LogP) is 2.88. The van der Waals surface area contributed by atoms with Crippen LogP contribution in [-0.4, -0.2) is 27.6 Å². The molecule has 0 radical (unpaired) electrons. The van der Waals surface area contributed by atoms with E-state index in [1.807, 2.05) is 0 Å². The molecular weight excluding hydrogens is 291 g/mol. The number of rotatable bonds is 5. The summed E-state index contributed by atoms with van der Waals surface area (Å²) in [7, 11) is 0. The second-order valence-corrected chi connectivity index (χ2v) is 4.48. The van der Waals surface area contributed by atoms with Gasteiger partial charge in [0.25, 0.3) is 5.69 Å². The van der Waals surface area contributed by atoms with E-state index in [9.17, 15) is 33.2 Å². The van der Waals surface area contributed by atoms with E-state index in [-0.39, 0.29) is 11.3 Å². The van der Waals surface area contributed by atoms with Crippen LogP contribution in [0.25, 0.3) is 6.08 Å². The summed E-state index contributed by atoms with van der Waals surface area (Å²) in [6.07, 6.45) is -4.67. The summed E-state index contributed by atoms with van der Waals surface area (Å²) in [4.78, 5) is 20.7. The highest BCUT2D eigenvalue weighted by atomic mass is 19.4. The first-order chi connectivity index (χ1) is 9.55. The van der Waals surface area contributed by atoms with Gasteiger partial charge in [0, 0.05) is 18.6 Å². The van der Waals surface area contributed by atoms with Gasteiger partial charge in [-0.05, 0) is 30.7 Å². The fourth-order valence-electron chi connectivity index (χ4n) is 1.57. The number of alkyl halides is 3. The zero-order valence-corrected chi connectivity index (χ0v) is 10.9. The molecule has 0 aliphatic rings. The number of nitro groups is 1. The minimum Gasteiger partial charge on any atom is -0.376 e. The number of ketones is 1. The van der Waals surface area contributed by atoms with Gasteiger partial charge in [0.2, 0.25) is 0 Å². The molecule has 0 bridgehead atoms. The number of halogens is 3. The number of nitrogens with zero attached hydrogens (tertiary/aromatic N) is 1. The Hall–Kier alpha value is -2.22. The summed E-state index contributed by atoms with van der Waals surface area (Å²) in [5.41, 5.74) is -3.24. The lowest BCUT2D eigenvalue weighted by atomic mass is 9.95. The van der Waals surface area contributed by atoms with Gasteiger partial charge in [0.05, 0.1) is 4.92 Å². The van der Waals surface area contributed by atoms with E-state index >= 15 is 0 Å². The lowest BCUT2D eigenvalue weighted by Crippen LogP contribution is -2.44. The summed E-state index contributed by atoms with van der Waals surface area (Å²) in [6, 6.07) is 4.72. The highest BCUT2D eigenvalue weighted by Crippen LogP contribution is 2.35. The van der Waals surface area contributed by atoms with Gasteiger partial charge in [-0.2, -0.15) is 13.2 Å². The lowest BCUT2D eigenvalue weighted by molar-refractivity contribution is -0.384. The van der Waals surface area contributed by atoms with Gasteiger partial charge < -0.3 is 5.11 Å². The summed E-state index contributed by atoms with van der Waals surface area (Å²) in [6.45, 7) is 0.941. The molecule has 0 fully saturated rings. The normalized spacial score (nSPS) is 14.9. The summed E-state index contributed by atoms with van der Waals surface area (Å²) in [5, 5.41) is 20.0. The van der Waals surface area contributed by atoms with Crippen LogP contribution < -0.4 is 0 Å². The van der Waals surface area contributed by atoms with Gasteiger partial charge in [-0.3, -0.25) is 14.9 Å². The monoisotopic (exact) mass is 303 g/mol. The molecule has 1 aromatic carbocycles. The standard InChI is InChI=1S/C13H12F3NO4/c1-9(18)8-12(19,13(14,15)16)7-6-10-2-4-11(5-3-10)17(20)21/h2-7,19H,8H2,1H3/b7-6+/t12-/m1/s1. The number of aliphatic hydroxyl groups is 1. The van der Waals surface area contributed by atoms with E-state index in [4.69, 9.17) is 0 Å². The second kappa shape index (κ2) is 6.04. The van der Waals surface area contributed by atoms with E-state index in [1.54, 1.807) is 0 Å². The van der Waals surface area contributed by atoms with Gasteiger partial charge >= 0.3 is 6.18 Å². The quantitative estimate of drug-likeness (QED) is 0.670. The molecule has 5 nitrogen and oxygen atoms in total. The van der Waals surface area contributed by atoms with Gasteiger partial charge in [-0.15, -0.1) is 0 Å². The topological polar surface area (TPSA) is 80.4 Å². The Morgan fingerprint density at radius 3 is 2.24 bits per heavy atom. The predicted molar refractivity (Wildman–Crippen MR) is 68.4 cm³/mol. The Morgan fingerprint density at radius 2 is 1.86 bits per heavy atom. The van der Waals surface area contributed by atoms with Crippen molar-refractivity contribution in [2.75, 3.05) is 0 Å². The lowest BCUT2D eigenvalue weighted by Gasteiger charge is -2.26. The molecule has 0 spiro atoms. The van der Waals surface area contributed by atoms with Crippen LogP contribution in [0.4, 0.5) is 18.9 Å². The number of nitro benzene ring substituents is 1. The molecule has 0 saturated carbocycles. The first-order valence-electron chi connectivity index (χ1n) is 5.77. The average Bonchev–Trinajstić information content (AvgIpc) is 2.34. The smallest absolute Gasteiger partial charge is 0.376 e. The summed E-state index contributed by atoms with van der Waals surface area (Å²) < 4.78 is 38.4. The van der Waals surface area contributed by atoms with E-state index in [0.717, 1.165) is 25.1 Å². The van der Waals surface area contributed by atoms with Crippen LogP contribution in [0.3, 0.4) is 0 Å².